The van der Waals surface area contributed by atoms with Crippen molar-refractivity contribution in [2.75, 3.05) is 6.26 Å². The van der Waals surface area contributed by atoms with Crippen molar-refractivity contribution in [3.05, 3.63) is 65.2 Å². The molecule has 2 aromatic carbocycles. The third-order valence-electron chi connectivity index (χ3n) is 4.60. The quantitative estimate of drug-likeness (QED) is 0.428. The van der Waals surface area contributed by atoms with Crippen molar-refractivity contribution in [2.45, 2.75) is 24.2 Å². The highest BCUT2D eigenvalue weighted by molar-refractivity contribution is 7.90. The maximum Gasteiger partial charge on any atom is 0.187 e. The van der Waals surface area contributed by atoms with Crippen LogP contribution in [-0.4, -0.2) is 22.4 Å². The maximum absolute atomic E-state index is 12.9. The lowest BCUT2D eigenvalue weighted by atomic mass is 9.88. The third-order valence-corrected chi connectivity index (χ3v) is 5.62. The minimum absolute atomic E-state index is 0.140. The van der Waals surface area contributed by atoms with Crippen LogP contribution in [0.3, 0.4) is 0 Å². The molecule has 4 nitrogen and oxygen atoms in total. The molecule has 2 atom stereocenters. The molecule has 2 unspecified atom stereocenters. The van der Waals surface area contributed by atoms with Crippen LogP contribution in [-0.2, 0) is 22.4 Å². The van der Waals surface area contributed by atoms with Crippen molar-refractivity contribution < 1.29 is 14.1 Å². The lowest BCUT2D eigenvalue weighted by Gasteiger charge is -2.14. The van der Waals surface area contributed by atoms with E-state index in [-0.39, 0.29) is 11.7 Å². The van der Waals surface area contributed by atoms with Crippen molar-refractivity contribution in [2.24, 2.45) is 11.8 Å². The fraction of sp³-hybridized carbons (Fsp3) is 0.286. The summed E-state index contributed by atoms with van der Waals surface area (Å²) in [6, 6.07) is 16.3. The second-order valence-electron chi connectivity index (χ2n) is 6.50. The van der Waals surface area contributed by atoms with Gasteiger partial charge in [0.15, 0.2) is 22.4 Å². The van der Waals surface area contributed by atoms with E-state index in [9.17, 15) is 19.4 Å². The van der Waals surface area contributed by atoms with E-state index >= 15 is 0 Å². The van der Waals surface area contributed by atoms with Gasteiger partial charge in [0.05, 0.1) is 6.07 Å². The van der Waals surface area contributed by atoms with Crippen LogP contribution in [0.25, 0.3) is 0 Å². The zero-order chi connectivity index (χ0) is 18.7. The summed E-state index contributed by atoms with van der Waals surface area (Å²) in [6.07, 6.45) is 3.58. The molecule has 0 amide bonds. The summed E-state index contributed by atoms with van der Waals surface area (Å²) < 4.78 is 12.0. The number of rotatable bonds is 7. The standard InChI is InChI=1S/C21H19NO3S/c1-26(25)19-9-5-3-7-16(19)12-15-6-2-4-8-17(15)21(24)18(13-22)20(23)14-10-11-14/h2-9,14,18H,10-12H2,1H3. The number of ketones is 2. The van der Waals surface area contributed by atoms with Gasteiger partial charge in [-0.05, 0) is 35.6 Å². The van der Waals surface area contributed by atoms with E-state index in [1.54, 1.807) is 18.4 Å². The Morgan fingerprint density at radius 3 is 2.38 bits per heavy atom. The van der Waals surface area contributed by atoms with Crippen molar-refractivity contribution in [3.63, 3.8) is 0 Å². The van der Waals surface area contributed by atoms with Gasteiger partial charge in [0.2, 0.25) is 0 Å². The monoisotopic (exact) mass is 365 g/mol. The molecule has 0 N–H and O–H groups in total. The zero-order valence-electron chi connectivity index (χ0n) is 14.5. The number of hydrogen-bond acceptors (Lipinski definition) is 4. The third kappa shape index (κ3) is 3.87. The normalized spacial score (nSPS) is 15.7. The average Bonchev–Trinajstić information content (AvgIpc) is 3.48. The van der Waals surface area contributed by atoms with Crippen LogP contribution < -0.4 is 0 Å². The molecular weight excluding hydrogens is 346 g/mol. The first-order chi connectivity index (χ1) is 12.5. The van der Waals surface area contributed by atoms with E-state index < -0.39 is 22.9 Å². The topological polar surface area (TPSA) is 81.0 Å². The van der Waals surface area contributed by atoms with Gasteiger partial charge in [-0.1, -0.05) is 42.5 Å². The van der Waals surface area contributed by atoms with Crippen LogP contribution in [0.4, 0.5) is 0 Å². The number of hydrogen-bond donors (Lipinski definition) is 0. The number of carbonyl (C=O) groups excluding carboxylic acids is 2. The largest absolute Gasteiger partial charge is 0.612 e. The van der Waals surface area contributed by atoms with Crippen LogP contribution in [0.1, 0.15) is 34.3 Å². The van der Waals surface area contributed by atoms with Crippen molar-refractivity contribution in [3.8, 4) is 6.07 Å². The van der Waals surface area contributed by atoms with Crippen molar-refractivity contribution in [1.29, 1.82) is 5.26 Å². The van der Waals surface area contributed by atoms with Gasteiger partial charge in [-0.2, -0.15) is 5.26 Å². The second kappa shape index (κ2) is 7.86. The Labute approximate surface area is 156 Å². The van der Waals surface area contributed by atoms with Crippen LogP contribution in [0.5, 0.6) is 0 Å². The Hall–Kier alpha value is -2.42. The number of carbonyl (C=O) groups is 2. The molecule has 3 rings (SSSR count). The highest BCUT2D eigenvalue weighted by Gasteiger charge is 2.39. The molecule has 2 aromatic rings. The summed E-state index contributed by atoms with van der Waals surface area (Å²) in [5.74, 6) is -2.07. The fourth-order valence-electron chi connectivity index (χ4n) is 3.06. The first kappa shape index (κ1) is 18.4. The number of benzene rings is 2. The predicted octanol–water partition coefficient (Wildman–Crippen LogP) is 3.32. The van der Waals surface area contributed by atoms with E-state index in [1.807, 2.05) is 42.5 Å². The van der Waals surface area contributed by atoms with E-state index in [2.05, 4.69) is 0 Å². The van der Waals surface area contributed by atoms with Gasteiger partial charge in [-0.25, -0.2) is 0 Å². The van der Waals surface area contributed by atoms with Gasteiger partial charge < -0.3 is 4.55 Å². The molecule has 1 aliphatic carbocycles. The van der Waals surface area contributed by atoms with E-state index in [0.29, 0.717) is 12.0 Å². The first-order valence-electron chi connectivity index (χ1n) is 8.49. The second-order valence-corrected chi connectivity index (χ2v) is 7.85. The van der Waals surface area contributed by atoms with E-state index in [4.69, 9.17) is 0 Å². The summed E-state index contributed by atoms with van der Waals surface area (Å²) in [5, 5.41) is 9.37. The molecule has 0 spiro atoms. The Balaban J connectivity index is 1.93. The lowest BCUT2D eigenvalue weighted by molar-refractivity contribution is -0.121. The Morgan fingerprint density at radius 1 is 1.15 bits per heavy atom. The first-order valence-corrected chi connectivity index (χ1v) is 10.1. The van der Waals surface area contributed by atoms with Crippen LogP contribution >= 0.6 is 0 Å². The van der Waals surface area contributed by atoms with Crippen molar-refractivity contribution >= 4 is 22.7 Å². The van der Waals surface area contributed by atoms with Gasteiger partial charge in [0.1, 0.15) is 6.26 Å². The minimum Gasteiger partial charge on any atom is -0.612 e. The van der Waals surface area contributed by atoms with Gasteiger partial charge in [-0.15, -0.1) is 0 Å². The molecule has 1 aliphatic rings. The number of Topliss-reactive ketones (excluding diaryl/α,β-unsaturated/α-hetero) is 2. The molecule has 1 saturated carbocycles. The molecular formula is C21H19NO3S. The fourth-order valence-corrected chi connectivity index (χ4v) is 3.84. The number of nitrogens with zero attached hydrogens (tertiary/aromatic N) is 1. The summed E-state index contributed by atoms with van der Waals surface area (Å²) in [6.45, 7) is 0. The molecule has 26 heavy (non-hydrogen) atoms. The summed E-state index contributed by atoms with van der Waals surface area (Å²) >= 11 is -1.14. The molecule has 1 fully saturated rings. The minimum atomic E-state index is -1.24. The molecule has 0 aromatic heterocycles. The predicted molar refractivity (Wildman–Crippen MR) is 99.2 cm³/mol. The molecule has 132 valence electrons. The Kier molecular flexibility index (Phi) is 5.55. The van der Waals surface area contributed by atoms with Crippen molar-refractivity contribution in [1.82, 2.24) is 0 Å². The van der Waals surface area contributed by atoms with Crippen LogP contribution in [0.15, 0.2) is 53.4 Å². The summed E-state index contributed by atoms with van der Waals surface area (Å²) in [5.41, 5.74) is 2.00. The summed E-state index contributed by atoms with van der Waals surface area (Å²) in [4.78, 5) is 25.9. The maximum atomic E-state index is 12.9. The van der Waals surface area contributed by atoms with Crippen LogP contribution in [0, 0.1) is 23.2 Å². The van der Waals surface area contributed by atoms with E-state index in [1.165, 1.54) is 0 Å². The van der Waals surface area contributed by atoms with Gasteiger partial charge >= 0.3 is 0 Å². The molecule has 0 heterocycles. The van der Waals surface area contributed by atoms with Gasteiger partial charge in [0.25, 0.3) is 0 Å². The average molecular weight is 365 g/mol. The zero-order valence-corrected chi connectivity index (χ0v) is 15.3. The highest BCUT2D eigenvalue weighted by Crippen LogP contribution is 2.33. The molecule has 0 radical (unpaired) electrons. The van der Waals surface area contributed by atoms with E-state index in [0.717, 1.165) is 28.9 Å². The van der Waals surface area contributed by atoms with Gasteiger partial charge in [0, 0.05) is 23.5 Å². The molecule has 0 aliphatic heterocycles. The van der Waals surface area contributed by atoms with Crippen LogP contribution in [0.2, 0.25) is 0 Å². The SMILES string of the molecule is C[S+]([O-])c1ccccc1Cc1ccccc1C(=O)C(C#N)C(=O)C1CC1. The number of nitriles is 1. The smallest absolute Gasteiger partial charge is 0.187 e. The van der Waals surface area contributed by atoms with Gasteiger partial charge in [-0.3, -0.25) is 9.59 Å². The Morgan fingerprint density at radius 2 is 1.77 bits per heavy atom. The lowest BCUT2D eigenvalue weighted by Crippen LogP contribution is -2.25. The summed E-state index contributed by atoms with van der Waals surface area (Å²) in [7, 11) is 0. The molecule has 5 heteroatoms. The Bertz CT molecular complexity index is 881. The highest BCUT2D eigenvalue weighted by atomic mass is 32.2. The molecule has 0 saturated heterocycles. The molecule has 0 bridgehead atoms.